The highest BCUT2D eigenvalue weighted by Gasteiger charge is 2.37. The van der Waals surface area contributed by atoms with Crippen molar-refractivity contribution in [3.63, 3.8) is 0 Å². The summed E-state index contributed by atoms with van der Waals surface area (Å²) >= 11 is 0. The molecular formula is C50H60N8O6. The summed E-state index contributed by atoms with van der Waals surface area (Å²) in [5.41, 5.74) is 9.85. The molecule has 14 heteroatoms. The number of nitrogens with one attached hydrogen (secondary N) is 4. The van der Waals surface area contributed by atoms with Crippen molar-refractivity contribution in [1.82, 2.24) is 40.4 Å². The van der Waals surface area contributed by atoms with E-state index < -0.39 is 18.2 Å². The van der Waals surface area contributed by atoms with Crippen LogP contribution in [0.3, 0.4) is 0 Å². The number of hydrogen-bond donors (Lipinski definition) is 4. The summed E-state index contributed by atoms with van der Waals surface area (Å²) in [6.45, 7) is 13.2. The smallest absolute Gasteiger partial charge is 0.407 e. The molecule has 14 nitrogen and oxygen atoms in total. The van der Waals surface area contributed by atoms with Crippen molar-refractivity contribution in [3.05, 3.63) is 101 Å². The van der Waals surface area contributed by atoms with E-state index in [1.807, 2.05) is 83.0 Å². The third-order valence-corrected chi connectivity index (χ3v) is 12.8. The number of alkyl carbamates (subject to hydrolysis) is 1. The van der Waals surface area contributed by atoms with E-state index in [2.05, 4.69) is 50.9 Å². The second-order valence-electron chi connectivity index (χ2n) is 17.7. The fourth-order valence-electron chi connectivity index (χ4n) is 9.02. The maximum Gasteiger partial charge on any atom is 0.407 e. The van der Waals surface area contributed by atoms with E-state index >= 15 is 0 Å². The SMILES string of the molecule is CCCN(C(=O)[C@@H](NC(=O)OC)C(C)C)[C@@H](C)c1nc2c([nH]1)CCc1cc3c(cc1-2)OCc1cc(-c2cnc([C@H](C)N(CCC)C(=O)[C@H](NC(=O)C4CC4)c4ccccc4)[nH]2)ccc1-3. The highest BCUT2D eigenvalue weighted by atomic mass is 16.5. The fraction of sp³-hybridized carbons (Fsp3) is 0.440. The van der Waals surface area contributed by atoms with Gasteiger partial charge in [0.2, 0.25) is 17.7 Å². The quantitative estimate of drug-likeness (QED) is 0.0765. The Morgan fingerprint density at radius 2 is 1.53 bits per heavy atom. The van der Waals surface area contributed by atoms with E-state index in [1.165, 1.54) is 12.7 Å². The van der Waals surface area contributed by atoms with Crippen molar-refractivity contribution in [3.8, 4) is 39.4 Å². The second kappa shape index (κ2) is 18.7. The number of nitrogens with zero attached hydrogens (tertiary/aromatic N) is 4. The van der Waals surface area contributed by atoms with Gasteiger partial charge in [0.05, 0.1) is 36.8 Å². The van der Waals surface area contributed by atoms with Crippen LogP contribution in [0, 0.1) is 11.8 Å². The van der Waals surface area contributed by atoms with Crippen LogP contribution in [0.2, 0.25) is 0 Å². The lowest BCUT2D eigenvalue weighted by molar-refractivity contribution is -0.139. The minimum Gasteiger partial charge on any atom is -0.488 e. The predicted octanol–water partition coefficient (Wildman–Crippen LogP) is 8.37. The third-order valence-electron chi connectivity index (χ3n) is 12.8. The second-order valence-corrected chi connectivity index (χ2v) is 17.7. The lowest BCUT2D eigenvalue weighted by Crippen LogP contribution is -2.52. The number of fused-ring (bicyclic) bond motifs is 6. The molecule has 1 aliphatic heterocycles. The molecule has 1 fully saturated rings. The minimum absolute atomic E-state index is 0.0235. The molecule has 3 aromatic carbocycles. The van der Waals surface area contributed by atoms with Crippen LogP contribution in [-0.2, 0) is 38.6 Å². The number of rotatable bonds is 16. The number of amides is 4. The molecule has 0 radical (unpaired) electrons. The number of benzene rings is 3. The molecule has 5 aromatic rings. The number of aromatic amines is 2. The number of imidazole rings is 2. The Morgan fingerprint density at radius 3 is 2.22 bits per heavy atom. The van der Waals surface area contributed by atoms with Crippen molar-refractivity contribution in [2.45, 2.75) is 111 Å². The van der Waals surface area contributed by atoms with Gasteiger partial charge < -0.3 is 39.9 Å². The van der Waals surface area contributed by atoms with Crippen molar-refractivity contribution in [2.24, 2.45) is 11.8 Å². The van der Waals surface area contributed by atoms with Crippen LogP contribution in [0.1, 0.15) is 119 Å². The van der Waals surface area contributed by atoms with Crippen LogP contribution in [0.15, 0.2) is 66.9 Å². The Bertz CT molecular complexity index is 2530. The van der Waals surface area contributed by atoms with E-state index in [0.717, 1.165) is 94.7 Å². The van der Waals surface area contributed by atoms with Crippen molar-refractivity contribution in [1.29, 1.82) is 0 Å². The maximum atomic E-state index is 14.3. The van der Waals surface area contributed by atoms with Crippen molar-refractivity contribution >= 4 is 23.8 Å². The van der Waals surface area contributed by atoms with Crippen LogP contribution in [0.4, 0.5) is 4.79 Å². The Morgan fingerprint density at radius 1 is 0.812 bits per heavy atom. The zero-order valence-electron chi connectivity index (χ0n) is 37.9. The van der Waals surface area contributed by atoms with Gasteiger partial charge >= 0.3 is 6.09 Å². The fourth-order valence-corrected chi connectivity index (χ4v) is 9.02. The summed E-state index contributed by atoms with van der Waals surface area (Å²) < 4.78 is 11.3. The van der Waals surface area contributed by atoms with Gasteiger partial charge in [-0.2, -0.15) is 0 Å². The molecule has 4 atom stereocenters. The molecule has 4 N–H and O–H groups in total. The number of hydrogen-bond acceptors (Lipinski definition) is 8. The topological polar surface area (TPSA) is 175 Å². The number of carbonyl (C=O) groups is 4. The largest absolute Gasteiger partial charge is 0.488 e. The van der Waals surface area contributed by atoms with Crippen molar-refractivity contribution in [2.75, 3.05) is 20.2 Å². The predicted molar refractivity (Wildman–Crippen MR) is 244 cm³/mol. The maximum absolute atomic E-state index is 14.3. The molecule has 4 amide bonds. The molecule has 3 aliphatic rings. The van der Waals surface area contributed by atoms with Gasteiger partial charge in [-0.3, -0.25) is 14.4 Å². The average Bonchev–Trinajstić information content (AvgIpc) is 3.88. The van der Waals surface area contributed by atoms with E-state index in [4.69, 9.17) is 19.4 Å². The zero-order chi connectivity index (χ0) is 45.2. The number of aryl methyl sites for hydroxylation is 2. The van der Waals surface area contributed by atoms with Gasteiger partial charge in [0.25, 0.3) is 0 Å². The Hall–Kier alpha value is -6.44. The van der Waals surface area contributed by atoms with E-state index in [1.54, 1.807) is 4.90 Å². The molecule has 2 aromatic heterocycles. The molecule has 0 bridgehead atoms. The van der Waals surface area contributed by atoms with Gasteiger partial charge in [0.1, 0.15) is 36.1 Å². The first-order valence-electron chi connectivity index (χ1n) is 22.8. The number of H-pyrrole nitrogens is 2. The molecule has 3 heterocycles. The van der Waals surface area contributed by atoms with Gasteiger partial charge in [-0.15, -0.1) is 0 Å². The van der Waals surface area contributed by atoms with Gasteiger partial charge in [0, 0.05) is 35.8 Å². The van der Waals surface area contributed by atoms with Crippen LogP contribution in [0.5, 0.6) is 5.75 Å². The standard InChI is InChI=1S/C50H60N8O6/c1-8-21-57(49(61)43(31-13-11-10-12-14-31)55-47(59)32-15-16-32)29(5)45-51-26-40(53-45)34-17-19-36-35(23-34)27-64-41-25-37-33(24-38(36)41)18-20-39-44(37)54-46(52-39)30(6)58(22-9-2)48(60)42(28(3)4)56-50(62)63-7/h10-14,17,19,23-26,28-30,32,42-43H,8-9,15-16,18,20-22,27H2,1-7H3,(H,51,53)(H,52,54)(H,55,59)(H,56,62)/t29-,30-,42-,43+/m0/s1. The van der Waals surface area contributed by atoms with Gasteiger partial charge in [-0.05, 0) is 104 Å². The Labute approximate surface area is 374 Å². The first-order valence-corrected chi connectivity index (χ1v) is 22.8. The van der Waals surface area contributed by atoms with Crippen LogP contribution < -0.4 is 15.4 Å². The van der Waals surface area contributed by atoms with Crippen LogP contribution in [0.25, 0.3) is 33.6 Å². The van der Waals surface area contributed by atoms with Gasteiger partial charge in [0.15, 0.2) is 0 Å². The summed E-state index contributed by atoms with van der Waals surface area (Å²) in [5, 5.41) is 5.78. The molecule has 336 valence electrons. The molecule has 64 heavy (non-hydrogen) atoms. The molecule has 0 unspecified atom stereocenters. The normalized spacial score (nSPS) is 15.6. The lowest BCUT2D eigenvalue weighted by Gasteiger charge is -2.33. The van der Waals surface area contributed by atoms with Gasteiger partial charge in [-0.1, -0.05) is 70.2 Å². The molecule has 0 spiro atoms. The number of methoxy groups -OCH3 is 1. The van der Waals surface area contributed by atoms with Crippen LogP contribution >= 0.6 is 0 Å². The average molecular weight is 869 g/mol. The monoisotopic (exact) mass is 868 g/mol. The highest BCUT2D eigenvalue weighted by Crippen LogP contribution is 2.45. The number of aromatic nitrogens is 4. The molecule has 0 saturated heterocycles. The zero-order valence-corrected chi connectivity index (χ0v) is 37.9. The molecule has 1 saturated carbocycles. The van der Waals surface area contributed by atoms with Crippen LogP contribution in [-0.4, -0.2) is 79.8 Å². The first-order chi connectivity index (χ1) is 30.9. The van der Waals surface area contributed by atoms with E-state index in [0.29, 0.717) is 31.3 Å². The van der Waals surface area contributed by atoms with Crippen molar-refractivity contribution < 1.29 is 28.7 Å². The summed E-state index contributed by atoms with van der Waals surface area (Å²) in [4.78, 5) is 73.9. The minimum atomic E-state index is -0.782. The highest BCUT2D eigenvalue weighted by molar-refractivity contribution is 5.91. The summed E-state index contributed by atoms with van der Waals surface area (Å²) in [5.74, 6) is 1.59. The Kier molecular flexibility index (Phi) is 12.9. The van der Waals surface area contributed by atoms with Gasteiger partial charge in [-0.25, -0.2) is 14.8 Å². The summed E-state index contributed by atoms with van der Waals surface area (Å²) in [7, 11) is 1.29. The number of carbonyl (C=O) groups excluding carboxylic acids is 4. The molecule has 8 rings (SSSR count). The summed E-state index contributed by atoms with van der Waals surface area (Å²) in [6.07, 6.45) is 5.98. The molecule has 2 aliphatic carbocycles. The first kappa shape index (κ1) is 44.2. The number of ether oxygens (including phenoxy) is 2. The summed E-state index contributed by atoms with van der Waals surface area (Å²) in [6, 6.07) is 17.9. The molecular weight excluding hydrogens is 809 g/mol. The Balaban J connectivity index is 1.01. The van der Waals surface area contributed by atoms with E-state index in [9.17, 15) is 19.2 Å². The third kappa shape index (κ3) is 8.87. The van der Waals surface area contributed by atoms with E-state index in [-0.39, 0.29) is 41.6 Å². The lowest BCUT2D eigenvalue weighted by atomic mass is 9.86.